The van der Waals surface area contributed by atoms with Gasteiger partial charge in [0.15, 0.2) is 5.78 Å². The van der Waals surface area contributed by atoms with E-state index in [0.29, 0.717) is 0 Å². The molecule has 0 bridgehead atoms. The van der Waals surface area contributed by atoms with Crippen molar-refractivity contribution in [2.45, 2.75) is 46.5 Å². The predicted octanol–water partition coefficient (Wildman–Crippen LogP) is -4.03. The normalized spacial score (nSPS) is 14.5. The smallest absolute Gasteiger partial charge is 0.549 e. The second kappa shape index (κ2) is 11.5. The minimum atomic E-state index is -2.77. The van der Waals surface area contributed by atoms with Gasteiger partial charge in [-0.25, -0.2) is 0 Å². The molecule has 0 N–H and O–H groups in total. The molecule has 0 saturated heterocycles. The standard InChI is InChI=1S/C17H22O10.Al/c1-4-9(14(22)23)11(19)6-17(8(3)18,13(21)16(26)27)7-12(20)10(5-2)15(24)25;/h9-10H,4-7H2,1-3H3,(H,22,23)(H,24,25)(H,26,27);/q;+3/p-3. The van der Waals surface area contributed by atoms with E-state index in [1.54, 1.807) is 0 Å². The zero-order chi connectivity index (χ0) is 21.5. The molecule has 0 aromatic rings. The van der Waals surface area contributed by atoms with E-state index in [1.807, 2.05) is 0 Å². The summed E-state index contributed by atoms with van der Waals surface area (Å²) >= 11 is 0. The van der Waals surface area contributed by atoms with Crippen molar-refractivity contribution in [1.29, 1.82) is 0 Å². The maximum Gasteiger partial charge on any atom is 3.00 e. The number of ketones is 4. The van der Waals surface area contributed by atoms with Crippen molar-refractivity contribution in [3.05, 3.63) is 0 Å². The fourth-order valence-corrected chi connectivity index (χ4v) is 2.72. The number of carboxylic acids is 3. The van der Waals surface area contributed by atoms with Crippen molar-refractivity contribution in [1.82, 2.24) is 0 Å². The summed E-state index contributed by atoms with van der Waals surface area (Å²) in [4.78, 5) is 81.8. The third kappa shape index (κ3) is 6.35. The zero-order valence-corrected chi connectivity index (χ0v) is 16.8. The SMILES string of the molecule is CCC(C(=O)[O-])C(=O)CC(CC(=O)C(CC)C(=O)[O-])(C(C)=O)C(=O)C(=O)[O-].[Al+3]. The van der Waals surface area contributed by atoms with Crippen LogP contribution in [0.3, 0.4) is 0 Å². The van der Waals surface area contributed by atoms with Crippen LogP contribution in [0, 0.1) is 17.3 Å². The molecule has 0 aromatic carbocycles. The van der Waals surface area contributed by atoms with Gasteiger partial charge in [0, 0.05) is 12.8 Å². The van der Waals surface area contributed by atoms with Gasteiger partial charge in [-0.1, -0.05) is 13.8 Å². The Morgan fingerprint density at radius 2 is 1.07 bits per heavy atom. The van der Waals surface area contributed by atoms with Crippen molar-refractivity contribution in [3.63, 3.8) is 0 Å². The molecule has 11 heteroatoms. The molecule has 28 heavy (non-hydrogen) atoms. The molecule has 150 valence electrons. The van der Waals surface area contributed by atoms with Crippen LogP contribution in [0.2, 0.25) is 0 Å². The van der Waals surface area contributed by atoms with Crippen LogP contribution in [0.5, 0.6) is 0 Å². The quantitative estimate of drug-likeness (QED) is 0.164. The van der Waals surface area contributed by atoms with E-state index in [1.165, 1.54) is 13.8 Å². The van der Waals surface area contributed by atoms with Crippen LogP contribution < -0.4 is 15.3 Å². The fraction of sp³-hybridized carbons (Fsp3) is 0.588. The summed E-state index contributed by atoms with van der Waals surface area (Å²) in [5.74, 6) is -14.9. The Balaban J connectivity index is 0. The summed E-state index contributed by atoms with van der Waals surface area (Å²) < 4.78 is 0. The molecule has 0 saturated carbocycles. The molecule has 0 rings (SSSR count). The first kappa shape index (κ1) is 27.8. The molecule has 0 heterocycles. The summed E-state index contributed by atoms with van der Waals surface area (Å²) in [6.07, 6.45) is -2.95. The number of carbonyl (C=O) groups is 7. The Kier molecular flexibility index (Phi) is 11.4. The average molecular weight is 410 g/mol. The third-order valence-corrected chi connectivity index (χ3v) is 4.41. The number of carbonyl (C=O) groups excluding carboxylic acids is 7. The van der Waals surface area contributed by atoms with Crippen molar-refractivity contribution in [2.75, 3.05) is 0 Å². The first-order valence-electron chi connectivity index (χ1n) is 8.09. The van der Waals surface area contributed by atoms with Crippen LogP contribution in [-0.2, 0) is 33.6 Å². The molecule has 2 atom stereocenters. The summed E-state index contributed by atoms with van der Waals surface area (Å²) in [6.45, 7) is 3.35. The van der Waals surface area contributed by atoms with Gasteiger partial charge >= 0.3 is 17.4 Å². The molecule has 0 aliphatic carbocycles. The largest absolute Gasteiger partial charge is 3.00 e. The van der Waals surface area contributed by atoms with Crippen molar-refractivity contribution in [3.8, 4) is 0 Å². The van der Waals surface area contributed by atoms with E-state index in [4.69, 9.17) is 0 Å². The van der Waals surface area contributed by atoms with Gasteiger partial charge in [0.2, 0.25) is 0 Å². The molecule has 0 amide bonds. The van der Waals surface area contributed by atoms with Gasteiger partial charge in [0.25, 0.3) is 0 Å². The van der Waals surface area contributed by atoms with Gasteiger partial charge in [0.05, 0.1) is 23.8 Å². The minimum absolute atomic E-state index is 0. The third-order valence-electron chi connectivity index (χ3n) is 4.41. The number of rotatable bonds is 13. The summed E-state index contributed by atoms with van der Waals surface area (Å²) in [6, 6.07) is 0. The van der Waals surface area contributed by atoms with Crippen molar-refractivity contribution >= 4 is 58.4 Å². The van der Waals surface area contributed by atoms with Crippen LogP contribution in [0.25, 0.3) is 0 Å². The fourth-order valence-electron chi connectivity index (χ4n) is 2.72. The van der Waals surface area contributed by atoms with Crippen LogP contribution in [0.4, 0.5) is 0 Å². The van der Waals surface area contributed by atoms with Crippen LogP contribution in [0.15, 0.2) is 0 Å². The Bertz CT molecular complexity index is 645. The van der Waals surface area contributed by atoms with E-state index in [-0.39, 0.29) is 30.2 Å². The maximum atomic E-state index is 12.2. The van der Waals surface area contributed by atoms with Crippen molar-refractivity contribution < 1.29 is 48.9 Å². The van der Waals surface area contributed by atoms with Crippen LogP contribution in [0.1, 0.15) is 46.5 Å². The minimum Gasteiger partial charge on any atom is -0.549 e. The first-order chi connectivity index (χ1) is 12.3. The van der Waals surface area contributed by atoms with E-state index >= 15 is 0 Å². The van der Waals surface area contributed by atoms with Gasteiger partial charge in [-0.15, -0.1) is 0 Å². The van der Waals surface area contributed by atoms with Crippen LogP contribution >= 0.6 is 0 Å². The number of aliphatic carboxylic acids is 3. The average Bonchev–Trinajstić information content (AvgIpc) is 2.53. The molecular weight excluding hydrogens is 391 g/mol. The molecule has 2 unspecified atom stereocenters. The molecule has 0 fully saturated rings. The van der Waals surface area contributed by atoms with E-state index in [9.17, 15) is 48.9 Å². The van der Waals surface area contributed by atoms with Crippen molar-refractivity contribution in [2.24, 2.45) is 17.3 Å². The predicted molar refractivity (Wildman–Crippen MR) is 85.7 cm³/mol. The van der Waals surface area contributed by atoms with E-state index in [0.717, 1.165) is 6.92 Å². The molecule has 10 nitrogen and oxygen atoms in total. The summed E-state index contributed by atoms with van der Waals surface area (Å²) in [5, 5.41) is 33.1. The van der Waals surface area contributed by atoms with Gasteiger partial charge < -0.3 is 29.7 Å². The number of Topliss-reactive ketones (excluding diaryl/α,β-unsaturated/α-hetero) is 4. The number of hydrogen-bond acceptors (Lipinski definition) is 10. The van der Waals surface area contributed by atoms with E-state index < -0.39 is 71.1 Å². The summed E-state index contributed by atoms with van der Waals surface area (Å²) in [5.41, 5.74) is -2.77. The molecule has 0 aliphatic rings. The molecule has 0 aromatic heterocycles. The maximum absolute atomic E-state index is 12.2. The number of hydrogen-bond donors (Lipinski definition) is 0. The second-order valence-electron chi connectivity index (χ2n) is 6.10. The molecular formula is C17H19AlO10. The Morgan fingerprint density at radius 3 is 1.25 bits per heavy atom. The van der Waals surface area contributed by atoms with Gasteiger partial charge in [-0.3, -0.25) is 19.2 Å². The van der Waals surface area contributed by atoms with E-state index in [2.05, 4.69) is 0 Å². The molecule has 0 radical (unpaired) electrons. The van der Waals surface area contributed by atoms with Gasteiger partial charge in [0.1, 0.15) is 28.7 Å². The Morgan fingerprint density at radius 1 is 0.750 bits per heavy atom. The number of carboxylic acid groups (broad SMARTS) is 3. The summed E-state index contributed by atoms with van der Waals surface area (Å²) in [7, 11) is 0. The molecule has 0 aliphatic heterocycles. The molecule has 0 spiro atoms. The first-order valence-corrected chi connectivity index (χ1v) is 8.09. The Hall–Kier alpha value is -2.38. The topological polar surface area (TPSA) is 189 Å². The van der Waals surface area contributed by atoms with Gasteiger partial charge in [-0.05, 0) is 19.8 Å². The van der Waals surface area contributed by atoms with Crippen LogP contribution in [-0.4, -0.2) is 58.4 Å². The zero-order valence-electron chi connectivity index (χ0n) is 15.6. The Labute approximate surface area is 171 Å². The second-order valence-corrected chi connectivity index (χ2v) is 6.10. The monoisotopic (exact) mass is 410 g/mol. The van der Waals surface area contributed by atoms with Gasteiger partial charge in [-0.2, -0.15) is 0 Å².